The van der Waals surface area contributed by atoms with Crippen LogP contribution in [0.3, 0.4) is 0 Å². The molecule has 5 rings (SSSR count). The summed E-state index contributed by atoms with van der Waals surface area (Å²) in [5, 5.41) is 10.6. The first-order valence-electron chi connectivity index (χ1n) is 15.3. The molecule has 2 saturated heterocycles. The maximum absolute atomic E-state index is 14.0. The summed E-state index contributed by atoms with van der Waals surface area (Å²) in [4.78, 5) is 45.4. The van der Waals surface area contributed by atoms with E-state index in [1.165, 1.54) is 0 Å². The number of rotatable bonds is 11. The average Bonchev–Trinajstić information content (AvgIpc) is 3.61. The highest BCUT2D eigenvalue weighted by Gasteiger charge is 2.48. The number of ether oxygens (including phenoxy) is 1. The summed E-state index contributed by atoms with van der Waals surface area (Å²) in [5.41, 5.74) is 2.83. The molecular weight excluding hydrogens is 532 g/mol. The lowest BCUT2D eigenvalue weighted by Gasteiger charge is -2.30. The summed E-state index contributed by atoms with van der Waals surface area (Å²) < 4.78 is 7.63. The summed E-state index contributed by atoms with van der Waals surface area (Å²) in [6.07, 6.45) is 7.54. The molecule has 0 radical (unpaired) electrons. The number of fused-ring (bicyclic) bond motifs is 1. The number of carbonyl (C=O) groups is 3. The number of unbranched alkanes of at least 4 members (excludes halogenated alkanes) is 1. The first-order valence-corrected chi connectivity index (χ1v) is 15.3. The number of likely N-dealkylation sites (tertiary alicyclic amines) is 2. The molecule has 0 bridgehead atoms. The van der Waals surface area contributed by atoms with Gasteiger partial charge in [-0.3, -0.25) is 19.3 Å². The molecule has 0 aliphatic carbocycles. The molecule has 1 N–H and O–H groups in total. The van der Waals surface area contributed by atoms with Crippen LogP contribution < -0.4 is 14.2 Å². The van der Waals surface area contributed by atoms with Crippen molar-refractivity contribution in [1.82, 2.24) is 9.80 Å². The predicted octanol–water partition coefficient (Wildman–Crippen LogP) is 3.40. The first-order chi connectivity index (χ1) is 20.1. The molecule has 1 unspecified atom stereocenters. The summed E-state index contributed by atoms with van der Waals surface area (Å²) in [7, 11) is 1.94. The van der Waals surface area contributed by atoms with Gasteiger partial charge < -0.3 is 19.6 Å². The molecule has 9 heteroatoms. The topological polar surface area (TPSA) is 94.3 Å². The standard InChI is InChI=1S/C33H44N4O5/c1-5-6-14-37(25-8-7-13-34(4)19-25)30(39)21-36-20-26(23-9-10-28-24(17-23)12-16-42-28)31(32(40)41)27(36)11-15-35-22-33(2,3)18-29(35)38/h7-10,13,17,19,26-27,31H,5-6,11-12,14-16,18,20-22H2,1-4H3/p+1/t26-,27+,31?/m1/s1. The second kappa shape index (κ2) is 12.4. The Kier molecular flexibility index (Phi) is 8.87. The maximum atomic E-state index is 14.0. The van der Waals surface area contributed by atoms with Crippen LogP contribution in [-0.2, 0) is 27.9 Å². The van der Waals surface area contributed by atoms with E-state index in [4.69, 9.17) is 4.74 Å². The van der Waals surface area contributed by atoms with Gasteiger partial charge in [0, 0.05) is 57.0 Å². The lowest BCUT2D eigenvalue weighted by atomic mass is 9.83. The van der Waals surface area contributed by atoms with Crippen LogP contribution in [0.2, 0.25) is 0 Å². The predicted molar refractivity (Wildman–Crippen MR) is 159 cm³/mol. The third-order valence-corrected chi connectivity index (χ3v) is 9.08. The second-order valence-electron chi connectivity index (χ2n) is 13.0. The van der Waals surface area contributed by atoms with Crippen molar-refractivity contribution in [2.45, 2.75) is 64.8 Å². The van der Waals surface area contributed by atoms with E-state index in [0.717, 1.165) is 41.8 Å². The Morgan fingerprint density at radius 3 is 2.74 bits per heavy atom. The van der Waals surface area contributed by atoms with Gasteiger partial charge in [-0.1, -0.05) is 39.3 Å². The van der Waals surface area contributed by atoms with E-state index < -0.39 is 11.9 Å². The third kappa shape index (κ3) is 6.46. The van der Waals surface area contributed by atoms with Crippen molar-refractivity contribution in [3.63, 3.8) is 0 Å². The molecule has 2 amide bonds. The van der Waals surface area contributed by atoms with Crippen LogP contribution in [0.5, 0.6) is 5.75 Å². The van der Waals surface area contributed by atoms with E-state index in [1.54, 1.807) is 0 Å². The number of hydrogen-bond donors (Lipinski definition) is 1. The highest BCUT2D eigenvalue weighted by Crippen LogP contribution is 2.41. The van der Waals surface area contributed by atoms with Gasteiger partial charge in [0.1, 0.15) is 18.5 Å². The summed E-state index contributed by atoms with van der Waals surface area (Å²) in [5.74, 6) is -0.874. The van der Waals surface area contributed by atoms with E-state index in [-0.39, 0.29) is 35.7 Å². The molecule has 9 nitrogen and oxygen atoms in total. The summed E-state index contributed by atoms with van der Waals surface area (Å²) in [6.45, 7) is 9.28. The zero-order valence-corrected chi connectivity index (χ0v) is 25.4. The number of aliphatic carboxylic acids is 1. The number of carboxylic acids is 1. The second-order valence-corrected chi connectivity index (χ2v) is 13.0. The number of anilines is 1. The van der Waals surface area contributed by atoms with Gasteiger partial charge in [-0.05, 0) is 41.5 Å². The van der Waals surface area contributed by atoms with Gasteiger partial charge in [-0.25, -0.2) is 4.57 Å². The highest BCUT2D eigenvalue weighted by molar-refractivity contribution is 5.94. The minimum Gasteiger partial charge on any atom is -0.493 e. The molecule has 4 heterocycles. The van der Waals surface area contributed by atoms with Crippen LogP contribution in [0.4, 0.5) is 5.69 Å². The largest absolute Gasteiger partial charge is 0.493 e. The van der Waals surface area contributed by atoms with Crippen molar-refractivity contribution in [2.75, 3.05) is 44.2 Å². The van der Waals surface area contributed by atoms with Crippen LogP contribution in [0, 0.1) is 11.3 Å². The number of pyridine rings is 1. The van der Waals surface area contributed by atoms with Crippen LogP contribution in [0.25, 0.3) is 0 Å². The van der Waals surface area contributed by atoms with E-state index in [9.17, 15) is 19.5 Å². The smallest absolute Gasteiger partial charge is 0.308 e. The van der Waals surface area contributed by atoms with Gasteiger partial charge in [0.15, 0.2) is 12.4 Å². The van der Waals surface area contributed by atoms with E-state index >= 15 is 0 Å². The number of nitrogens with zero attached hydrogens (tertiary/aromatic N) is 4. The maximum Gasteiger partial charge on any atom is 0.308 e. The first kappa shape index (κ1) is 30.0. The average molecular weight is 578 g/mol. The van der Waals surface area contributed by atoms with Gasteiger partial charge in [-0.2, -0.15) is 0 Å². The zero-order valence-electron chi connectivity index (χ0n) is 25.4. The van der Waals surface area contributed by atoms with Gasteiger partial charge >= 0.3 is 5.97 Å². The SMILES string of the molecule is CCCCN(C(=O)CN1C[C@H](c2ccc3c(c2)CCO3)C(C(=O)O)[C@@H]1CCN1CC(C)(C)CC1=O)c1ccc[n+](C)c1. The Hall–Kier alpha value is -3.46. The van der Waals surface area contributed by atoms with Gasteiger partial charge in [-0.15, -0.1) is 0 Å². The molecular formula is C33H45N4O5+. The number of carbonyl (C=O) groups excluding carboxylic acids is 2. The van der Waals surface area contributed by atoms with Crippen molar-refractivity contribution < 1.29 is 28.8 Å². The number of aryl methyl sites for hydroxylation is 1. The zero-order chi connectivity index (χ0) is 30.0. The molecule has 1 aromatic heterocycles. The van der Waals surface area contributed by atoms with Crippen LogP contribution in [0.15, 0.2) is 42.7 Å². The Balaban J connectivity index is 1.43. The molecule has 0 saturated carbocycles. The fourth-order valence-corrected chi connectivity index (χ4v) is 7.01. The number of benzene rings is 1. The number of aromatic nitrogens is 1. The summed E-state index contributed by atoms with van der Waals surface area (Å²) >= 11 is 0. The number of hydrogen-bond acceptors (Lipinski definition) is 5. The lowest BCUT2D eigenvalue weighted by Crippen LogP contribution is -2.46. The number of amides is 2. The Labute approximate surface area is 249 Å². The quantitative estimate of drug-likeness (QED) is 0.412. The highest BCUT2D eigenvalue weighted by atomic mass is 16.5. The van der Waals surface area contributed by atoms with Gasteiger partial charge in [0.25, 0.3) is 0 Å². The molecule has 226 valence electrons. The van der Waals surface area contributed by atoms with Crippen molar-refractivity contribution in [1.29, 1.82) is 0 Å². The molecule has 1 aromatic carbocycles. The fourth-order valence-electron chi connectivity index (χ4n) is 7.01. The fraction of sp³-hybridized carbons (Fsp3) is 0.576. The monoisotopic (exact) mass is 577 g/mol. The van der Waals surface area contributed by atoms with Crippen molar-refractivity contribution in [2.24, 2.45) is 18.4 Å². The number of carboxylic acid groups (broad SMARTS) is 1. The molecule has 2 aromatic rings. The minimum absolute atomic E-state index is 0.0369. The third-order valence-electron chi connectivity index (χ3n) is 9.08. The Bertz CT molecular complexity index is 1330. The Morgan fingerprint density at radius 2 is 2.05 bits per heavy atom. The summed E-state index contributed by atoms with van der Waals surface area (Å²) in [6, 6.07) is 9.53. The molecule has 2 fully saturated rings. The van der Waals surface area contributed by atoms with Crippen LogP contribution in [-0.4, -0.2) is 78.1 Å². The van der Waals surface area contributed by atoms with Gasteiger partial charge in [0.2, 0.25) is 11.8 Å². The molecule has 0 spiro atoms. The molecule has 3 aliphatic rings. The van der Waals surface area contributed by atoms with Crippen LogP contribution in [0.1, 0.15) is 63.5 Å². The van der Waals surface area contributed by atoms with Crippen molar-refractivity contribution in [3.05, 3.63) is 53.9 Å². The van der Waals surface area contributed by atoms with Crippen LogP contribution >= 0.6 is 0 Å². The molecule has 3 aliphatic heterocycles. The lowest BCUT2D eigenvalue weighted by molar-refractivity contribution is -0.670. The Morgan fingerprint density at radius 1 is 1.24 bits per heavy atom. The minimum atomic E-state index is -0.859. The van der Waals surface area contributed by atoms with E-state index in [1.807, 2.05) is 58.1 Å². The molecule has 42 heavy (non-hydrogen) atoms. The van der Waals surface area contributed by atoms with E-state index in [2.05, 4.69) is 31.7 Å². The van der Waals surface area contributed by atoms with Gasteiger partial charge in [0.05, 0.1) is 19.1 Å². The van der Waals surface area contributed by atoms with E-state index in [0.29, 0.717) is 45.6 Å². The molecule has 3 atom stereocenters. The van der Waals surface area contributed by atoms with Crippen molar-refractivity contribution in [3.8, 4) is 5.75 Å². The normalized spacial score (nSPS) is 23.2. The van der Waals surface area contributed by atoms with Crippen molar-refractivity contribution >= 4 is 23.5 Å².